The van der Waals surface area contributed by atoms with Crippen LogP contribution >= 0.6 is 15.6 Å². The van der Waals surface area contributed by atoms with Gasteiger partial charge >= 0.3 is 39.5 Å². The molecule has 6 atom stereocenters. The van der Waals surface area contributed by atoms with Crippen molar-refractivity contribution in [2.24, 2.45) is 17.8 Å². The van der Waals surface area contributed by atoms with Crippen LogP contribution in [0.4, 0.5) is 0 Å². The molecule has 0 saturated heterocycles. The van der Waals surface area contributed by atoms with Gasteiger partial charge in [-0.25, -0.2) is 9.13 Å². The molecule has 3 unspecified atom stereocenters. The number of esters is 4. The number of unbranched alkanes of at least 4 members (excludes halogenated alkanes) is 46. The molecule has 0 aliphatic carbocycles. The molecule has 0 heterocycles. The molecule has 0 saturated carbocycles. The maximum absolute atomic E-state index is 13.1. The van der Waals surface area contributed by atoms with Crippen LogP contribution in [0.5, 0.6) is 0 Å². The Morgan fingerprint density at radius 3 is 0.848 bits per heavy atom. The predicted octanol–water partition coefficient (Wildman–Crippen LogP) is 25.6. The molecule has 105 heavy (non-hydrogen) atoms. The first-order valence-corrected chi connectivity index (χ1v) is 46.7. The fourth-order valence-corrected chi connectivity index (χ4v) is 14.4. The lowest BCUT2D eigenvalue weighted by molar-refractivity contribution is -0.161. The minimum Gasteiger partial charge on any atom is -0.462 e. The summed E-state index contributed by atoms with van der Waals surface area (Å²) in [7, 11) is -9.94. The van der Waals surface area contributed by atoms with Crippen LogP contribution in [0, 0.1) is 17.8 Å². The lowest BCUT2D eigenvalue weighted by Gasteiger charge is -2.21. The second-order valence-corrected chi connectivity index (χ2v) is 34.3. The predicted molar refractivity (Wildman–Crippen MR) is 432 cm³/mol. The van der Waals surface area contributed by atoms with E-state index in [0.717, 1.165) is 127 Å². The minimum absolute atomic E-state index is 0.0845. The number of aliphatic hydroxyl groups excluding tert-OH is 1. The van der Waals surface area contributed by atoms with Crippen LogP contribution in [0.2, 0.25) is 0 Å². The monoisotopic (exact) mass is 1530 g/mol. The Hall–Kier alpha value is -2.46. The van der Waals surface area contributed by atoms with Crippen molar-refractivity contribution in [3.8, 4) is 0 Å². The van der Waals surface area contributed by atoms with E-state index >= 15 is 0 Å². The first-order chi connectivity index (χ1) is 50.8. The van der Waals surface area contributed by atoms with Crippen molar-refractivity contribution in [1.82, 2.24) is 0 Å². The average Bonchev–Trinajstić information content (AvgIpc) is 0.906. The highest BCUT2D eigenvalue weighted by molar-refractivity contribution is 7.47. The third-order valence-corrected chi connectivity index (χ3v) is 21.8. The van der Waals surface area contributed by atoms with Gasteiger partial charge in [0.2, 0.25) is 0 Å². The molecule has 17 nitrogen and oxygen atoms in total. The molecule has 0 fully saturated rings. The highest BCUT2D eigenvalue weighted by Crippen LogP contribution is 2.45. The van der Waals surface area contributed by atoms with Gasteiger partial charge < -0.3 is 33.8 Å². The highest BCUT2D eigenvalue weighted by atomic mass is 31.2. The van der Waals surface area contributed by atoms with Gasteiger partial charge in [0.15, 0.2) is 12.2 Å². The number of hydrogen-bond acceptors (Lipinski definition) is 15. The number of carbonyl (C=O) groups excluding carboxylic acids is 4. The van der Waals surface area contributed by atoms with Gasteiger partial charge in [0.25, 0.3) is 0 Å². The zero-order chi connectivity index (χ0) is 77.2. The minimum atomic E-state index is -4.97. The van der Waals surface area contributed by atoms with Crippen molar-refractivity contribution in [3.63, 3.8) is 0 Å². The maximum atomic E-state index is 13.1. The maximum Gasteiger partial charge on any atom is 0.472 e. The van der Waals surface area contributed by atoms with Crippen molar-refractivity contribution >= 4 is 39.5 Å². The topological polar surface area (TPSA) is 237 Å². The summed E-state index contributed by atoms with van der Waals surface area (Å²) < 4.78 is 68.8. The van der Waals surface area contributed by atoms with E-state index in [1.165, 1.54) is 218 Å². The Morgan fingerprint density at radius 2 is 0.562 bits per heavy atom. The van der Waals surface area contributed by atoms with Crippen LogP contribution < -0.4 is 0 Å². The highest BCUT2D eigenvalue weighted by Gasteiger charge is 2.30. The number of phosphoric acid groups is 2. The van der Waals surface area contributed by atoms with Gasteiger partial charge in [-0.3, -0.25) is 37.3 Å². The largest absolute Gasteiger partial charge is 0.472 e. The van der Waals surface area contributed by atoms with E-state index in [1.54, 1.807) is 0 Å². The normalized spacial score (nSPS) is 14.3. The number of aliphatic hydroxyl groups is 1. The van der Waals surface area contributed by atoms with Crippen LogP contribution in [0.25, 0.3) is 0 Å². The number of phosphoric ester groups is 2. The second-order valence-electron chi connectivity index (χ2n) is 31.4. The number of hydrogen-bond donors (Lipinski definition) is 3. The van der Waals surface area contributed by atoms with Gasteiger partial charge in [0.05, 0.1) is 26.4 Å². The third-order valence-electron chi connectivity index (χ3n) is 19.9. The number of ether oxygens (including phenoxy) is 4. The summed E-state index contributed by atoms with van der Waals surface area (Å²) >= 11 is 0. The molecule has 0 aromatic heterocycles. The fraction of sp³-hybridized carbons (Fsp3) is 0.907. The van der Waals surface area contributed by atoms with Crippen molar-refractivity contribution < 1.29 is 80.2 Å². The van der Waals surface area contributed by atoms with Gasteiger partial charge in [-0.15, -0.1) is 0 Å². The van der Waals surface area contributed by atoms with E-state index in [0.29, 0.717) is 25.7 Å². The van der Waals surface area contributed by atoms with E-state index in [4.69, 9.17) is 37.0 Å². The molecule has 0 aromatic carbocycles. The molecule has 3 N–H and O–H groups in total. The molecular weight excluding hydrogens is 1370 g/mol. The lowest BCUT2D eigenvalue weighted by atomic mass is 9.99. The van der Waals surface area contributed by atoms with E-state index in [2.05, 4.69) is 72.8 Å². The van der Waals surface area contributed by atoms with Gasteiger partial charge in [-0.2, -0.15) is 0 Å². The molecule has 0 radical (unpaired) electrons. The van der Waals surface area contributed by atoms with Gasteiger partial charge in [-0.1, -0.05) is 375 Å². The first kappa shape index (κ1) is 103. The summed E-state index contributed by atoms with van der Waals surface area (Å²) in [5.41, 5.74) is 0. The van der Waals surface area contributed by atoms with Crippen LogP contribution in [0.1, 0.15) is 427 Å². The number of allylic oxidation sites excluding steroid dienone is 4. The Bertz CT molecular complexity index is 2120. The zero-order valence-electron chi connectivity index (χ0n) is 68.7. The Morgan fingerprint density at radius 1 is 0.314 bits per heavy atom. The molecule has 0 spiro atoms. The molecule has 0 aromatic rings. The van der Waals surface area contributed by atoms with Gasteiger partial charge in [0.1, 0.15) is 19.3 Å². The van der Waals surface area contributed by atoms with E-state index in [9.17, 15) is 43.2 Å². The molecular formula is C86H164O17P2. The first-order valence-electron chi connectivity index (χ1n) is 43.7. The summed E-state index contributed by atoms with van der Waals surface area (Å²) in [5.74, 6) is 0.255. The summed E-state index contributed by atoms with van der Waals surface area (Å²) in [4.78, 5) is 73.2. The zero-order valence-corrected chi connectivity index (χ0v) is 70.5. The van der Waals surface area contributed by atoms with E-state index in [1.807, 2.05) is 0 Å². The molecule has 19 heteroatoms. The number of carbonyl (C=O) groups is 4. The summed E-state index contributed by atoms with van der Waals surface area (Å²) in [5, 5.41) is 10.7. The van der Waals surface area contributed by atoms with Crippen LogP contribution in [0.15, 0.2) is 24.3 Å². The van der Waals surface area contributed by atoms with Crippen molar-refractivity contribution in [2.75, 3.05) is 39.6 Å². The third kappa shape index (κ3) is 78.0. The number of rotatable bonds is 82. The lowest BCUT2D eigenvalue weighted by Crippen LogP contribution is -2.30. The molecule has 0 rings (SSSR count). The van der Waals surface area contributed by atoms with Gasteiger partial charge in [0, 0.05) is 25.7 Å². The molecule has 620 valence electrons. The van der Waals surface area contributed by atoms with E-state index < -0.39 is 97.5 Å². The SMILES string of the molecule is CCCCCC/C=C\C=C/CCCCCCCC(=O)O[C@H](COC(=O)CCCCCCCCCCC(C)C)COP(=O)(O)OC[C@H](O)COP(=O)(O)OC[C@@H](COC(=O)CCCCCCCCCCCCCCCCC(C)C)OC(=O)CCCCCCCCCCCCCCCCCCCCC(C)CC. The summed E-state index contributed by atoms with van der Waals surface area (Å²) in [6, 6.07) is 0. The summed E-state index contributed by atoms with van der Waals surface area (Å²) in [6.45, 7) is 12.0. The Balaban J connectivity index is 5.27. The van der Waals surface area contributed by atoms with Crippen molar-refractivity contribution in [1.29, 1.82) is 0 Å². The Labute approximate surface area is 643 Å². The second kappa shape index (κ2) is 75.6. The summed E-state index contributed by atoms with van der Waals surface area (Å²) in [6.07, 6.45) is 68.8. The van der Waals surface area contributed by atoms with Crippen molar-refractivity contribution in [3.05, 3.63) is 24.3 Å². The average molecular weight is 1530 g/mol. The standard InChI is InChI=1S/C86H164O17P2/c1-8-10-11-12-13-14-15-16-21-29-34-39-48-55-62-69-86(91)103-82(74-97-84(89)68-61-54-47-42-41-44-51-58-65-78(5)6)76-101-105(94,95)99-72-80(87)71-98-104(92,93)100-75-81(73-96-83(88)67-60-53-46-38-33-28-25-24-26-31-36-43-50-57-64-77(3)4)102-85(90)70-63-56-49-40-35-30-23-20-18-17-19-22-27-32-37-45-52-59-66-79(7)9-2/h14-16,21,77-82,87H,8-13,17-20,22-76H2,1-7H3,(H,92,93)(H,94,95)/b15-14-,21-16-/t79?,80-,81-,82-/m1/s1. The Kier molecular flexibility index (Phi) is 73.8. The van der Waals surface area contributed by atoms with Crippen molar-refractivity contribution in [2.45, 2.75) is 446 Å². The van der Waals surface area contributed by atoms with Crippen LogP contribution in [-0.4, -0.2) is 96.7 Å². The van der Waals surface area contributed by atoms with Crippen LogP contribution in [-0.2, 0) is 65.4 Å². The molecule has 0 amide bonds. The molecule has 0 bridgehead atoms. The smallest absolute Gasteiger partial charge is 0.462 e. The molecule has 0 aliphatic rings. The van der Waals surface area contributed by atoms with Gasteiger partial charge in [-0.05, 0) is 69.1 Å². The quantitative estimate of drug-likeness (QED) is 0.0169. The molecule has 0 aliphatic heterocycles. The van der Waals surface area contributed by atoms with Crippen LogP contribution in [0.3, 0.4) is 0 Å². The fourth-order valence-electron chi connectivity index (χ4n) is 12.8. The van der Waals surface area contributed by atoms with E-state index in [-0.39, 0.29) is 25.7 Å².